The predicted octanol–water partition coefficient (Wildman–Crippen LogP) is 6.65. The number of rotatable bonds is 11. The first-order valence-electron chi connectivity index (χ1n) is 14.5. The number of amides is 2. The van der Waals surface area contributed by atoms with Crippen molar-refractivity contribution in [3.8, 4) is 0 Å². The Hall–Kier alpha value is -4.02. The molecule has 2 amide bonds. The summed E-state index contributed by atoms with van der Waals surface area (Å²) in [5.41, 5.74) is 2.17. The lowest BCUT2D eigenvalue weighted by Gasteiger charge is -2.35. The highest BCUT2D eigenvalue weighted by molar-refractivity contribution is 9.10. The number of sulfonamides is 1. The van der Waals surface area contributed by atoms with Gasteiger partial charge in [0.1, 0.15) is 18.4 Å². The van der Waals surface area contributed by atoms with Crippen LogP contribution >= 0.6 is 15.9 Å². The standard InChI is InChI=1S/C35H37BrFN3O4S/c1-25-13-17-30(18-14-25)40(45(43,44)31-19-15-29(37)16-20-31)24-33(41)39(23-27-11-8-12-28(36)21-27)32(34(42)38-35(2,3)4)22-26-9-6-5-7-10-26/h5-21,32H,22-24H2,1-4H3,(H,38,42)/t32-/m0/s1. The Morgan fingerprint density at radius 3 is 2.09 bits per heavy atom. The first-order valence-corrected chi connectivity index (χ1v) is 16.7. The third kappa shape index (κ3) is 9.25. The Balaban J connectivity index is 1.81. The Labute approximate surface area is 273 Å². The Morgan fingerprint density at radius 2 is 1.49 bits per heavy atom. The lowest BCUT2D eigenvalue weighted by Crippen LogP contribution is -2.56. The molecule has 45 heavy (non-hydrogen) atoms. The number of benzene rings is 4. The van der Waals surface area contributed by atoms with E-state index in [4.69, 9.17) is 0 Å². The second-order valence-electron chi connectivity index (χ2n) is 11.9. The van der Waals surface area contributed by atoms with Crippen LogP contribution in [0.1, 0.15) is 37.5 Å². The maximum atomic E-state index is 14.5. The quantitative estimate of drug-likeness (QED) is 0.191. The van der Waals surface area contributed by atoms with Gasteiger partial charge >= 0.3 is 0 Å². The number of nitrogens with one attached hydrogen (secondary N) is 1. The second kappa shape index (κ2) is 14.4. The van der Waals surface area contributed by atoms with Gasteiger partial charge in [0.2, 0.25) is 11.8 Å². The maximum Gasteiger partial charge on any atom is 0.264 e. The molecule has 0 saturated heterocycles. The Morgan fingerprint density at radius 1 is 0.867 bits per heavy atom. The monoisotopic (exact) mass is 693 g/mol. The van der Waals surface area contributed by atoms with Gasteiger partial charge in [-0.2, -0.15) is 0 Å². The summed E-state index contributed by atoms with van der Waals surface area (Å²) in [6.07, 6.45) is 0.206. The molecule has 4 aromatic carbocycles. The van der Waals surface area contributed by atoms with Crippen molar-refractivity contribution in [1.82, 2.24) is 10.2 Å². The van der Waals surface area contributed by atoms with Crippen LogP contribution < -0.4 is 9.62 Å². The molecule has 0 heterocycles. The van der Waals surface area contributed by atoms with E-state index < -0.39 is 39.9 Å². The predicted molar refractivity (Wildman–Crippen MR) is 179 cm³/mol. The molecule has 1 atom stereocenters. The minimum atomic E-state index is -4.31. The highest BCUT2D eigenvalue weighted by atomic mass is 79.9. The molecule has 0 fully saturated rings. The van der Waals surface area contributed by atoms with Crippen molar-refractivity contribution in [2.45, 2.75) is 57.1 Å². The summed E-state index contributed by atoms with van der Waals surface area (Å²) in [5.74, 6) is -1.52. The van der Waals surface area contributed by atoms with E-state index >= 15 is 0 Å². The maximum absolute atomic E-state index is 14.5. The number of carbonyl (C=O) groups is 2. The summed E-state index contributed by atoms with van der Waals surface area (Å²) in [5, 5.41) is 3.02. The summed E-state index contributed by atoms with van der Waals surface area (Å²) < 4.78 is 43.6. The number of nitrogens with zero attached hydrogens (tertiary/aromatic N) is 2. The number of anilines is 1. The van der Waals surface area contributed by atoms with Crippen LogP contribution in [0.4, 0.5) is 10.1 Å². The molecule has 7 nitrogen and oxygen atoms in total. The molecule has 10 heteroatoms. The molecular weight excluding hydrogens is 657 g/mol. The van der Waals surface area contributed by atoms with Gasteiger partial charge < -0.3 is 10.2 Å². The highest BCUT2D eigenvalue weighted by Gasteiger charge is 2.35. The van der Waals surface area contributed by atoms with Crippen molar-refractivity contribution in [2.75, 3.05) is 10.8 Å². The van der Waals surface area contributed by atoms with Gasteiger partial charge in [-0.1, -0.05) is 76.1 Å². The fourth-order valence-electron chi connectivity index (χ4n) is 4.81. The molecule has 0 radical (unpaired) electrons. The smallest absolute Gasteiger partial charge is 0.264 e. The van der Waals surface area contributed by atoms with E-state index in [2.05, 4.69) is 21.2 Å². The molecular formula is C35H37BrFN3O4S. The van der Waals surface area contributed by atoms with Crippen LogP contribution in [-0.4, -0.2) is 43.3 Å². The molecule has 0 aliphatic rings. The SMILES string of the molecule is Cc1ccc(N(CC(=O)N(Cc2cccc(Br)c2)[C@@H](Cc2ccccc2)C(=O)NC(C)(C)C)S(=O)(=O)c2ccc(F)cc2)cc1. The summed E-state index contributed by atoms with van der Waals surface area (Å²) >= 11 is 3.49. The third-order valence-electron chi connectivity index (χ3n) is 7.01. The minimum absolute atomic E-state index is 0.0473. The van der Waals surface area contributed by atoms with Gasteiger partial charge in [-0.15, -0.1) is 0 Å². The summed E-state index contributed by atoms with van der Waals surface area (Å²) in [7, 11) is -4.31. The van der Waals surface area contributed by atoms with Crippen molar-refractivity contribution in [2.24, 2.45) is 0 Å². The van der Waals surface area contributed by atoms with Crippen LogP contribution in [-0.2, 0) is 32.6 Å². The van der Waals surface area contributed by atoms with Gasteiger partial charge in [-0.25, -0.2) is 12.8 Å². The molecule has 236 valence electrons. The fraction of sp³-hybridized carbons (Fsp3) is 0.257. The Bertz CT molecular complexity index is 1730. The van der Waals surface area contributed by atoms with E-state index in [1.807, 2.05) is 82.3 Å². The van der Waals surface area contributed by atoms with Gasteiger partial charge in [0.25, 0.3) is 10.0 Å². The van der Waals surface area contributed by atoms with Crippen LogP contribution in [0.2, 0.25) is 0 Å². The van der Waals surface area contributed by atoms with Gasteiger partial charge in [0.05, 0.1) is 10.6 Å². The van der Waals surface area contributed by atoms with Crippen molar-refractivity contribution >= 4 is 43.5 Å². The van der Waals surface area contributed by atoms with E-state index in [0.717, 1.165) is 37.6 Å². The van der Waals surface area contributed by atoms with Gasteiger partial charge in [0.15, 0.2) is 0 Å². The normalized spacial score (nSPS) is 12.3. The van der Waals surface area contributed by atoms with E-state index in [1.54, 1.807) is 24.3 Å². The van der Waals surface area contributed by atoms with Gasteiger partial charge in [-0.3, -0.25) is 13.9 Å². The first-order chi connectivity index (χ1) is 21.2. The zero-order valence-electron chi connectivity index (χ0n) is 25.7. The molecule has 1 N–H and O–H groups in total. The minimum Gasteiger partial charge on any atom is -0.350 e. The van der Waals surface area contributed by atoms with Crippen LogP contribution in [0.15, 0.2) is 112 Å². The average Bonchev–Trinajstić information content (AvgIpc) is 2.98. The Kier molecular flexibility index (Phi) is 10.8. The summed E-state index contributed by atoms with van der Waals surface area (Å²) in [4.78, 5) is 29.7. The average molecular weight is 695 g/mol. The number of carbonyl (C=O) groups excluding carboxylic acids is 2. The molecule has 0 bridgehead atoms. The number of halogens is 2. The van der Waals surface area contributed by atoms with E-state index in [9.17, 15) is 22.4 Å². The van der Waals surface area contributed by atoms with E-state index in [1.165, 1.54) is 17.0 Å². The van der Waals surface area contributed by atoms with Crippen LogP contribution in [0.5, 0.6) is 0 Å². The zero-order chi connectivity index (χ0) is 32.8. The fourth-order valence-corrected chi connectivity index (χ4v) is 6.67. The van der Waals surface area contributed by atoms with Crippen molar-refractivity contribution < 1.29 is 22.4 Å². The van der Waals surface area contributed by atoms with E-state index in [0.29, 0.717) is 0 Å². The molecule has 0 aromatic heterocycles. The number of aryl methyl sites for hydroxylation is 1. The largest absolute Gasteiger partial charge is 0.350 e. The van der Waals surface area contributed by atoms with E-state index in [-0.39, 0.29) is 29.5 Å². The molecule has 4 rings (SSSR count). The summed E-state index contributed by atoms with van der Waals surface area (Å²) in [6.45, 7) is 6.91. The molecule has 0 saturated carbocycles. The zero-order valence-corrected chi connectivity index (χ0v) is 28.1. The lowest BCUT2D eigenvalue weighted by atomic mass is 10.0. The van der Waals surface area contributed by atoms with Crippen LogP contribution in [0.3, 0.4) is 0 Å². The van der Waals surface area contributed by atoms with Crippen LogP contribution in [0, 0.1) is 12.7 Å². The first kappa shape index (κ1) is 33.9. The van der Waals surface area contributed by atoms with Crippen molar-refractivity contribution in [1.29, 1.82) is 0 Å². The van der Waals surface area contributed by atoms with Gasteiger partial charge in [-0.05, 0) is 87.4 Å². The molecule has 4 aromatic rings. The van der Waals surface area contributed by atoms with Gasteiger partial charge in [0, 0.05) is 23.0 Å². The molecule has 0 aliphatic carbocycles. The number of hydrogen-bond acceptors (Lipinski definition) is 4. The topological polar surface area (TPSA) is 86.8 Å². The molecule has 0 aliphatic heterocycles. The molecule has 0 unspecified atom stereocenters. The molecule has 0 spiro atoms. The third-order valence-corrected chi connectivity index (χ3v) is 9.30. The summed E-state index contributed by atoms with van der Waals surface area (Å²) in [6, 6.07) is 27.0. The lowest BCUT2D eigenvalue weighted by molar-refractivity contribution is -0.140. The van der Waals surface area contributed by atoms with Crippen molar-refractivity contribution in [3.63, 3.8) is 0 Å². The second-order valence-corrected chi connectivity index (χ2v) is 14.7. The van der Waals surface area contributed by atoms with Crippen molar-refractivity contribution in [3.05, 3.63) is 130 Å². The number of hydrogen-bond donors (Lipinski definition) is 1. The van der Waals surface area contributed by atoms with Crippen LogP contribution in [0.25, 0.3) is 0 Å². The highest BCUT2D eigenvalue weighted by Crippen LogP contribution is 2.26.